The summed E-state index contributed by atoms with van der Waals surface area (Å²) in [7, 11) is -4.13. The first-order valence-electron chi connectivity index (χ1n) is 8.76. The minimum atomic E-state index is -4.97. The molecule has 1 atom stereocenters. The van der Waals surface area contributed by atoms with Crippen LogP contribution < -0.4 is 9.64 Å². The molecule has 152 valence electrons. The summed E-state index contributed by atoms with van der Waals surface area (Å²) in [6.45, 7) is 4.64. The number of ether oxygens (including phenoxy) is 1. The number of alkyl halides is 3. The van der Waals surface area contributed by atoms with Gasteiger partial charge in [0.15, 0.2) is 0 Å². The van der Waals surface area contributed by atoms with Crippen molar-refractivity contribution in [2.75, 3.05) is 24.5 Å². The van der Waals surface area contributed by atoms with Crippen molar-refractivity contribution in [2.24, 2.45) is 0 Å². The summed E-state index contributed by atoms with van der Waals surface area (Å²) in [4.78, 5) is 1.60. The fourth-order valence-corrected chi connectivity index (χ4v) is 4.90. The van der Waals surface area contributed by atoms with E-state index in [4.69, 9.17) is 0 Å². The number of halogens is 3. The van der Waals surface area contributed by atoms with Crippen molar-refractivity contribution < 1.29 is 26.3 Å². The smallest absolute Gasteiger partial charge is 0.404 e. The van der Waals surface area contributed by atoms with E-state index in [0.29, 0.717) is 6.54 Å². The van der Waals surface area contributed by atoms with Gasteiger partial charge in [-0.05, 0) is 38.1 Å². The summed E-state index contributed by atoms with van der Waals surface area (Å²) in [6, 6.07) is 12.6. The second-order valence-corrected chi connectivity index (χ2v) is 8.64. The second kappa shape index (κ2) is 7.63. The van der Waals surface area contributed by atoms with Gasteiger partial charge in [-0.3, -0.25) is 0 Å². The van der Waals surface area contributed by atoms with Crippen LogP contribution in [0.25, 0.3) is 0 Å². The van der Waals surface area contributed by atoms with Crippen LogP contribution in [0.4, 0.5) is 18.9 Å². The maximum Gasteiger partial charge on any atom is 0.573 e. The Labute approximate surface area is 162 Å². The van der Waals surface area contributed by atoms with Crippen molar-refractivity contribution in [1.29, 1.82) is 0 Å². The van der Waals surface area contributed by atoms with Crippen LogP contribution in [-0.2, 0) is 10.0 Å². The minimum absolute atomic E-state index is 0.137. The molecule has 1 heterocycles. The number of sulfonamides is 1. The van der Waals surface area contributed by atoms with E-state index in [1.165, 1.54) is 16.4 Å². The number of piperazine rings is 1. The Morgan fingerprint density at radius 3 is 2.29 bits per heavy atom. The van der Waals surface area contributed by atoms with E-state index in [2.05, 4.69) is 9.64 Å². The molecule has 5 nitrogen and oxygen atoms in total. The van der Waals surface area contributed by atoms with Gasteiger partial charge in [-0.1, -0.05) is 29.8 Å². The Kier molecular flexibility index (Phi) is 5.58. The maximum atomic E-state index is 13.0. The highest BCUT2D eigenvalue weighted by Crippen LogP contribution is 2.32. The summed E-state index contributed by atoms with van der Waals surface area (Å²) < 4.78 is 69.0. The lowest BCUT2D eigenvalue weighted by atomic mass is 10.1. The lowest BCUT2D eigenvalue weighted by Crippen LogP contribution is -2.53. The zero-order valence-corrected chi connectivity index (χ0v) is 16.3. The molecule has 0 amide bonds. The molecule has 1 fully saturated rings. The van der Waals surface area contributed by atoms with Gasteiger partial charge in [0, 0.05) is 31.4 Å². The molecule has 28 heavy (non-hydrogen) atoms. The molecule has 0 spiro atoms. The van der Waals surface area contributed by atoms with Gasteiger partial charge in [-0.25, -0.2) is 8.42 Å². The molecule has 1 aliphatic rings. The summed E-state index contributed by atoms with van der Waals surface area (Å²) in [6.07, 6.45) is -4.97. The van der Waals surface area contributed by atoms with E-state index in [0.717, 1.165) is 23.4 Å². The molecule has 1 aliphatic heterocycles. The summed E-state index contributed by atoms with van der Waals surface area (Å²) in [5.41, 5.74) is 2.11. The van der Waals surface area contributed by atoms with Crippen LogP contribution in [0, 0.1) is 6.92 Å². The fourth-order valence-electron chi connectivity index (χ4n) is 3.27. The van der Waals surface area contributed by atoms with Crippen LogP contribution >= 0.6 is 0 Å². The molecule has 9 heteroatoms. The van der Waals surface area contributed by atoms with Gasteiger partial charge in [0.1, 0.15) is 10.6 Å². The van der Waals surface area contributed by atoms with E-state index < -0.39 is 27.0 Å². The summed E-state index contributed by atoms with van der Waals surface area (Å²) >= 11 is 0. The van der Waals surface area contributed by atoms with Crippen molar-refractivity contribution in [3.63, 3.8) is 0 Å². The number of hydrogen-bond donors (Lipinski definition) is 0. The van der Waals surface area contributed by atoms with E-state index >= 15 is 0 Å². The number of aryl methyl sites for hydroxylation is 1. The van der Waals surface area contributed by atoms with Crippen molar-refractivity contribution in [3.05, 3.63) is 54.1 Å². The molecule has 0 aromatic heterocycles. The molecule has 3 rings (SSSR count). The molecule has 1 saturated heterocycles. The molecular formula is C19H21F3N2O3S. The molecular weight excluding hydrogens is 393 g/mol. The predicted molar refractivity (Wildman–Crippen MR) is 99.9 cm³/mol. The Morgan fingerprint density at radius 2 is 1.68 bits per heavy atom. The zero-order valence-electron chi connectivity index (χ0n) is 15.5. The van der Waals surface area contributed by atoms with Gasteiger partial charge in [0.05, 0.1) is 0 Å². The van der Waals surface area contributed by atoms with E-state index in [1.807, 2.05) is 38.1 Å². The molecule has 0 bridgehead atoms. The number of rotatable bonds is 4. The minimum Gasteiger partial charge on any atom is -0.404 e. The van der Waals surface area contributed by atoms with Crippen LogP contribution in [-0.4, -0.2) is 44.8 Å². The largest absolute Gasteiger partial charge is 0.573 e. The van der Waals surface area contributed by atoms with Gasteiger partial charge in [-0.2, -0.15) is 4.31 Å². The van der Waals surface area contributed by atoms with E-state index in [1.54, 1.807) is 0 Å². The van der Waals surface area contributed by atoms with E-state index in [-0.39, 0.29) is 19.1 Å². The first-order chi connectivity index (χ1) is 13.1. The predicted octanol–water partition coefficient (Wildman–Crippen LogP) is 3.79. The summed E-state index contributed by atoms with van der Waals surface area (Å²) in [5, 5.41) is 0. The second-order valence-electron chi connectivity index (χ2n) is 6.74. The average molecular weight is 414 g/mol. The van der Waals surface area contributed by atoms with E-state index in [9.17, 15) is 21.6 Å². The Bertz CT molecular complexity index is 930. The summed E-state index contributed by atoms with van der Waals surface area (Å²) in [5.74, 6) is -0.719. The van der Waals surface area contributed by atoms with Crippen LogP contribution in [0.1, 0.15) is 12.5 Å². The van der Waals surface area contributed by atoms with Gasteiger partial charge in [0.25, 0.3) is 0 Å². The highest BCUT2D eigenvalue weighted by atomic mass is 32.2. The standard InChI is InChI=1S/C19H21F3N2O3S/c1-14-7-9-16(10-8-14)24-12-11-23(13-15(24)2)28(25,26)18-6-4-3-5-17(18)27-19(20,21)22/h3-10,15H,11-13H2,1-2H3. The quantitative estimate of drug-likeness (QED) is 0.764. The first kappa shape index (κ1) is 20.5. The van der Waals surface area contributed by atoms with Crippen LogP contribution in [0.15, 0.2) is 53.4 Å². The molecule has 0 aliphatic carbocycles. The highest BCUT2D eigenvalue weighted by molar-refractivity contribution is 7.89. The molecule has 1 unspecified atom stereocenters. The molecule has 0 N–H and O–H groups in total. The van der Waals surface area contributed by atoms with Crippen LogP contribution in [0.3, 0.4) is 0 Å². The Balaban J connectivity index is 1.82. The third kappa shape index (κ3) is 4.41. The van der Waals surface area contributed by atoms with Crippen molar-refractivity contribution in [3.8, 4) is 5.75 Å². The molecule has 0 radical (unpaired) electrons. The number of nitrogens with zero attached hydrogens (tertiary/aromatic N) is 2. The third-order valence-electron chi connectivity index (χ3n) is 4.65. The lowest BCUT2D eigenvalue weighted by Gasteiger charge is -2.40. The van der Waals surface area contributed by atoms with Crippen molar-refractivity contribution in [2.45, 2.75) is 31.1 Å². The Morgan fingerprint density at radius 1 is 1.04 bits per heavy atom. The van der Waals surface area contributed by atoms with Gasteiger partial charge >= 0.3 is 6.36 Å². The Hall–Kier alpha value is -2.26. The number of para-hydroxylation sites is 1. The highest BCUT2D eigenvalue weighted by Gasteiger charge is 2.37. The number of anilines is 1. The average Bonchev–Trinajstić information content (AvgIpc) is 2.61. The van der Waals surface area contributed by atoms with Crippen molar-refractivity contribution in [1.82, 2.24) is 4.31 Å². The van der Waals surface area contributed by atoms with Gasteiger partial charge < -0.3 is 9.64 Å². The fraction of sp³-hybridized carbons (Fsp3) is 0.368. The monoisotopic (exact) mass is 414 g/mol. The van der Waals surface area contributed by atoms with Crippen LogP contribution in [0.5, 0.6) is 5.75 Å². The zero-order chi connectivity index (χ0) is 20.5. The van der Waals surface area contributed by atoms with Crippen molar-refractivity contribution >= 4 is 15.7 Å². The number of hydrogen-bond acceptors (Lipinski definition) is 4. The normalized spacial score (nSPS) is 18.9. The lowest BCUT2D eigenvalue weighted by molar-refractivity contribution is -0.275. The van der Waals surface area contributed by atoms with Gasteiger partial charge in [-0.15, -0.1) is 13.2 Å². The molecule has 0 saturated carbocycles. The van der Waals surface area contributed by atoms with Gasteiger partial charge in [0.2, 0.25) is 10.0 Å². The first-order valence-corrected chi connectivity index (χ1v) is 10.2. The maximum absolute atomic E-state index is 13.0. The topological polar surface area (TPSA) is 49.9 Å². The number of benzene rings is 2. The third-order valence-corrected chi connectivity index (χ3v) is 6.55. The molecule has 2 aromatic carbocycles. The SMILES string of the molecule is Cc1ccc(N2CCN(S(=O)(=O)c3ccccc3OC(F)(F)F)CC2C)cc1. The molecule has 2 aromatic rings. The van der Waals surface area contributed by atoms with Crippen LogP contribution in [0.2, 0.25) is 0 Å².